The summed E-state index contributed by atoms with van der Waals surface area (Å²) < 4.78 is 5.53. The standard InChI is InChI=1S/C14H17N3O3/c1-14(20-2)6-3-7-16(10-14)12-4-5-13(17(18)19)11(8-12)9-15/h4-5,8H,3,6-7,10H2,1-2H3. The average Bonchev–Trinajstić information content (AvgIpc) is 2.46. The van der Waals surface area contributed by atoms with Gasteiger partial charge >= 0.3 is 0 Å². The monoisotopic (exact) mass is 275 g/mol. The molecular weight excluding hydrogens is 258 g/mol. The Kier molecular flexibility index (Phi) is 3.91. The maximum Gasteiger partial charge on any atom is 0.287 e. The lowest BCUT2D eigenvalue weighted by Crippen LogP contribution is -2.47. The number of benzene rings is 1. The molecule has 1 aromatic rings. The molecule has 1 aliphatic heterocycles. The molecule has 1 saturated heterocycles. The van der Waals surface area contributed by atoms with Gasteiger partial charge in [-0.25, -0.2) is 0 Å². The molecule has 1 aromatic carbocycles. The summed E-state index contributed by atoms with van der Waals surface area (Å²) in [5.41, 5.74) is 0.558. The first-order valence-electron chi connectivity index (χ1n) is 6.48. The number of nitrogens with zero attached hydrogens (tertiary/aromatic N) is 3. The smallest absolute Gasteiger partial charge is 0.287 e. The predicted octanol–water partition coefficient (Wildman–Crippen LogP) is 2.47. The molecule has 0 radical (unpaired) electrons. The minimum atomic E-state index is -0.530. The summed E-state index contributed by atoms with van der Waals surface area (Å²) in [6.45, 7) is 3.63. The number of nitriles is 1. The van der Waals surface area contributed by atoms with E-state index >= 15 is 0 Å². The zero-order chi connectivity index (χ0) is 14.8. The van der Waals surface area contributed by atoms with Gasteiger partial charge in [-0.15, -0.1) is 0 Å². The van der Waals surface area contributed by atoms with Crippen molar-refractivity contribution in [3.8, 4) is 6.07 Å². The molecule has 6 nitrogen and oxygen atoms in total. The van der Waals surface area contributed by atoms with Gasteiger partial charge in [-0.05, 0) is 31.9 Å². The maximum absolute atomic E-state index is 10.8. The summed E-state index contributed by atoms with van der Waals surface area (Å²) in [4.78, 5) is 12.4. The van der Waals surface area contributed by atoms with Crippen molar-refractivity contribution < 1.29 is 9.66 Å². The topological polar surface area (TPSA) is 79.4 Å². The molecule has 0 saturated carbocycles. The Balaban J connectivity index is 2.30. The fourth-order valence-corrected chi connectivity index (χ4v) is 2.56. The van der Waals surface area contributed by atoms with E-state index in [-0.39, 0.29) is 16.9 Å². The summed E-state index contributed by atoms with van der Waals surface area (Å²) in [6, 6.07) is 6.56. The van der Waals surface area contributed by atoms with Crippen LogP contribution in [0.2, 0.25) is 0 Å². The molecule has 1 unspecified atom stereocenters. The summed E-state index contributed by atoms with van der Waals surface area (Å²) >= 11 is 0. The normalized spacial score (nSPS) is 22.4. The van der Waals surface area contributed by atoms with Gasteiger partial charge in [0.1, 0.15) is 11.6 Å². The van der Waals surface area contributed by atoms with E-state index in [1.54, 1.807) is 19.2 Å². The minimum Gasteiger partial charge on any atom is -0.377 e. The second kappa shape index (κ2) is 5.47. The second-order valence-electron chi connectivity index (χ2n) is 5.25. The van der Waals surface area contributed by atoms with Gasteiger partial charge in [-0.2, -0.15) is 5.26 Å². The average molecular weight is 275 g/mol. The quantitative estimate of drug-likeness (QED) is 0.625. The second-order valence-corrected chi connectivity index (χ2v) is 5.25. The van der Waals surface area contributed by atoms with Gasteiger partial charge in [0.25, 0.3) is 5.69 Å². The summed E-state index contributed by atoms with van der Waals surface area (Å²) in [5, 5.41) is 19.9. The molecule has 106 valence electrons. The number of nitro groups is 1. The molecule has 6 heteroatoms. The molecule has 1 atom stereocenters. The van der Waals surface area contributed by atoms with E-state index in [1.807, 2.05) is 6.07 Å². The van der Waals surface area contributed by atoms with Gasteiger partial charge in [-0.1, -0.05) is 0 Å². The maximum atomic E-state index is 10.8. The van der Waals surface area contributed by atoms with Gasteiger partial charge < -0.3 is 9.64 Å². The Morgan fingerprint density at radius 2 is 2.30 bits per heavy atom. The van der Waals surface area contributed by atoms with Crippen molar-refractivity contribution in [1.82, 2.24) is 0 Å². The molecule has 0 amide bonds. The number of hydrogen-bond donors (Lipinski definition) is 0. The van der Waals surface area contributed by atoms with Crippen LogP contribution in [0.1, 0.15) is 25.3 Å². The van der Waals surface area contributed by atoms with Crippen molar-refractivity contribution in [2.45, 2.75) is 25.4 Å². The van der Waals surface area contributed by atoms with E-state index < -0.39 is 4.92 Å². The number of ether oxygens (including phenoxy) is 1. The van der Waals surface area contributed by atoms with E-state index in [4.69, 9.17) is 10.00 Å². The van der Waals surface area contributed by atoms with Crippen molar-refractivity contribution in [3.63, 3.8) is 0 Å². The van der Waals surface area contributed by atoms with E-state index in [0.717, 1.165) is 25.1 Å². The largest absolute Gasteiger partial charge is 0.377 e. The zero-order valence-electron chi connectivity index (χ0n) is 11.6. The van der Waals surface area contributed by atoms with Gasteiger partial charge in [0, 0.05) is 32.0 Å². The van der Waals surface area contributed by atoms with Crippen LogP contribution in [0.5, 0.6) is 0 Å². The number of piperidine rings is 1. The molecule has 1 heterocycles. The van der Waals surface area contributed by atoms with Crippen LogP contribution < -0.4 is 4.90 Å². The highest BCUT2D eigenvalue weighted by atomic mass is 16.6. The molecular formula is C14H17N3O3. The first-order valence-corrected chi connectivity index (χ1v) is 6.48. The lowest BCUT2D eigenvalue weighted by molar-refractivity contribution is -0.385. The Morgan fingerprint density at radius 1 is 1.55 bits per heavy atom. The number of nitro benzene ring substituents is 1. The number of rotatable bonds is 3. The van der Waals surface area contributed by atoms with Gasteiger partial charge in [-0.3, -0.25) is 10.1 Å². The van der Waals surface area contributed by atoms with Crippen molar-refractivity contribution in [2.75, 3.05) is 25.1 Å². The minimum absolute atomic E-state index is 0.0946. The van der Waals surface area contributed by atoms with Gasteiger partial charge in [0.2, 0.25) is 0 Å². The van der Waals surface area contributed by atoms with Crippen LogP contribution in [0.25, 0.3) is 0 Å². The molecule has 0 N–H and O–H groups in total. The summed E-state index contributed by atoms with van der Waals surface area (Å²) in [5.74, 6) is 0. The molecule has 1 fully saturated rings. The van der Waals surface area contributed by atoms with E-state index in [1.165, 1.54) is 6.07 Å². The highest BCUT2D eigenvalue weighted by Crippen LogP contribution is 2.30. The fraction of sp³-hybridized carbons (Fsp3) is 0.500. The lowest BCUT2D eigenvalue weighted by Gasteiger charge is -2.40. The summed E-state index contributed by atoms with van der Waals surface area (Å²) in [7, 11) is 1.69. The Morgan fingerprint density at radius 3 is 2.90 bits per heavy atom. The van der Waals surface area contributed by atoms with Crippen LogP contribution in [-0.4, -0.2) is 30.7 Å². The molecule has 0 aromatic heterocycles. The molecule has 0 spiro atoms. The number of methoxy groups -OCH3 is 1. The van der Waals surface area contributed by atoms with Crippen LogP contribution >= 0.6 is 0 Å². The third kappa shape index (κ3) is 2.73. The van der Waals surface area contributed by atoms with E-state index in [2.05, 4.69) is 11.8 Å². The Bertz CT molecular complexity index is 567. The number of hydrogen-bond acceptors (Lipinski definition) is 5. The van der Waals surface area contributed by atoms with Gasteiger partial charge in [0.05, 0.1) is 10.5 Å². The molecule has 2 rings (SSSR count). The Labute approximate surface area is 117 Å². The molecule has 1 aliphatic rings. The van der Waals surface area contributed by atoms with E-state index in [0.29, 0.717) is 6.54 Å². The molecule has 20 heavy (non-hydrogen) atoms. The highest BCUT2D eigenvalue weighted by molar-refractivity contribution is 5.60. The van der Waals surface area contributed by atoms with Gasteiger partial charge in [0.15, 0.2) is 0 Å². The SMILES string of the molecule is COC1(C)CCCN(c2ccc([N+](=O)[O-])c(C#N)c2)C1. The predicted molar refractivity (Wildman–Crippen MR) is 74.7 cm³/mol. The summed E-state index contributed by atoms with van der Waals surface area (Å²) in [6.07, 6.45) is 1.97. The zero-order valence-corrected chi connectivity index (χ0v) is 11.6. The third-order valence-corrected chi connectivity index (χ3v) is 3.81. The van der Waals surface area contributed by atoms with Crippen LogP contribution in [0, 0.1) is 21.4 Å². The fourth-order valence-electron chi connectivity index (χ4n) is 2.56. The first-order chi connectivity index (χ1) is 9.49. The van der Waals surface area contributed by atoms with Crippen molar-refractivity contribution in [3.05, 3.63) is 33.9 Å². The number of anilines is 1. The highest BCUT2D eigenvalue weighted by Gasteiger charge is 2.31. The lowest BCUT2D eigenvalue weighted by atomic mass is 9.94. The van der Waals surface area contributed by atoms with Crippen LogP contribution in [0.15, 0.2) is 18.2 Å². The molecule has 0 bridgehead atoms. The van der Waals surface area contributed by atoms with E-state index in [9.17, 15) is 10.1 Å². The van der Waals surface area contributed by atoms with Crippen molar-refractivity contribution in [1.29, 1.82) is 5.26 Å². The Hall–Kier alpha value is -2.13. The van der Waals surface area contributed by atoms with Crippen LogP contribution in [-0.2, 0) is 4.74 Å². The third-order valence-electron chi connectivity index (χ3n) is 3.81. The first kappa shape index (κ1) is 14.3. The van der Waals surface area contributed by atoms with Crippen LogP contribution in [0.3, 0.4) is 0 Å². The van der Waals surface area contributed by atoms with Crippen molar-refractivity contribution >= 4 is 11.4 Å². The van der Waals surface area contributed by atoms with Crippen LogP contribution in [0.4, 0.5) is 11.4 Å². The molecule has 0 aliphatic carbocycles. The van der Waals surface area contributed by atoms with Crippen molar-refractivity contribution in [2.24, 2.45) is 0 Å².